The molecule has 1 aliphatic rings. The average molecular weight is 403 g/mol. The maximum Gasteiger partial charge on any atom is 0.305 e. The van der Waals surface area contributed by atoms with E-state index in [4.69, 9.17) is 16.2 Å². The molecule has 5 N–H and O–H groups in total. The Kier molecular flexibility index (Phi) is 7.29. The van der Waals surface area contributed by atoms with E-state index in [0.29, 0.717) is 30.6 Å². The van der Waals surface area contributed by atoms with Crippen molar-refractivity contribution in [1.82, 2.24) is 4.90 Å². The number of nitrogens with one attached hydrogen (secondary N) is 2. The summed E-state index contributed by atoms with van der Waals surface area (Å²) in [4.78, 5) is 50.7. The fourth-order valence-electron chi connectivity index (χ4n) is 2.96. The number of carbonyl (C=O) groups is 4. The van der Waals surface area contributed by atoms with E-state index in [2.05, 4.69) is 5.32 Å². The lowest BCUT2D eigenvalue weighted by Crippen LogP contribution is -2.38. The normalized spacial score (nSPS) is 13.7. The molecule has 10 heteroatoms. The zero-order valence-electron chi connectivity index (χ0n) is 16.2. The quantitative estimate of drug-likeness (QED) is 0.274. The van der Waals surface area contributed by atoms with Gasteiger partial charge in [0.05, 0.1) is 23.5 Å². The molecule has 1 aromatic carbocycles. The van der Waals surface area contributed by atoms with E-state index in [9.17, 15) is 19.2 Å². The molecule has 156 valence electrons. The summed E-state index contributed by atoms with van der Waals surface area (Å²) in [7, 11) is 1.54. The van der Waals surface area contributed by atoms with E-state index >= 15 is 0 Å². The number of carbonyl (C=O) groups excluding carboxylic acids is 3. The Morgan fingerprint density at radius 3 is 2.55 bits per heavy atom. The van der Waals surface area contributed by atoms with E-state index < -0.39 is 11.9 Å². The standard InChI is InChI=1S/C19H25N5O5/c1-23-14-7-6-12(22-16(25)5-3-2-4-15(20)21)10-13(14)19(29)24(11-17(23)26)9-8-18(27)28/h6-7,10H,2-5,8-9,11H2,1H3,(H3,20,21)(H,22,25)(H,27,28). The van der Waals surface area contributed by atoms with E-state index in [1.807, 2.05) is 0 Å². The highest BCUT2D eigenvalue weighted by Crippen LogP contribution is 2.28. The van der Waals surface area contributed by atoms with Crippen LogP contribution >= 0.6 is 0 Å². The molecule has 1 aromatic rings. The predicted octanol–water partition coefficient (Wildman–Crippen LogP) is 1.01. The highest BCUT2D eigenvalue weighted by Gasteiger charge is 2.30. The number of carboxylic acids is 1. The lowest BCUT2D eigenvalue weighted by atomic mass is 10.1. The largest absolute Gasteiger partial charge is 0.481 e. The number of likely N-dealkylation sites (N-methyl/N-ethyl adjacent to an activating group) is 1. The molecule has 0 saturated carbocycles. The van der Waals surface area contributed by atoms with Crippen LogP contribution in [0.25, 0.3) is 0 Å². The smallest absolute Gasteiger partial charge is 0.305 e. The van der Waals surface area contributed by atoms with Gasteiger partial charge in [0.1, 0.15) is 6.54 Å². The molecule has 3 amide bonds. The molecule has 0 atom stereocenters. The van der Waals surface area contributed by atoms with Gasteiger partial charge in [0.15, 0.2) is 0 Å². The van der Waals surface area contributed by atoms with Crippen LogP contribution in [-0.4, -0.2) is 59.7 Å². The van der Waals surface area contributed by atoms with Gasteiger partial charge in [0.25, 0.3) is 5.91 Å². The summed E-state index contributed by atoms with van der Waals surface area (Å²) in [6.45, 7) is -0.297. The van der Waals surface area contributed by atoms with Crippen molar-refractivity contribution in [2.45, 2.75) is 32.1 Å². The van der Waals surface area contributed by atoms with Crippen LogP contribution in [0.3, 0.4) is 0 Å². The number of unbranched alkanes of at least 4 members (excludes halogenated alkanes) is 1. The van der Waals surface area contributed by atoms with Crippen LogP contribution in [0.4, 0.5) is 11.4 Å². The number of carboxylic acid groups (broad SMARTS) is 1. The van der Waals surface area contributed by atoms with Gasteiger partial charge >= 0.3 is 5.97 Å². The number of nitrogens with zero attached hydrogens (tertiary/aromatic N) is 2. The first-order valence-electron chi connectivity index (χ1n) is 9.23. The third kappa shape index (κ3) is 6.03. The molecule has 0 aromatic heterocycles. The maximum absolute atomic E-state index is 12.9. The molecular weight excluding hydrogens is 378 g/mol. The van der Waals surface area contributed by atoms with Crippen LogP contribution in [-0.2, 0) is 14.4 Å². The summed E-state index contributed by atoms with van der Waals surface area (Å²) in [5.74, 6) is -2.00. The number of nitrogens with two attached hydrogens (primary N) is 1. The first-order valence-corrected chi connectivity index (χ1v) is 9.23. The van der Waals surface area contributed by atoms with Crippen LogP contribution in [0.2, 0.25) is 0 Å². The van der Waals surface area contributed by atoms with E-state index in [-0.39, 0.29) is 49.1 Å². The number of amides is 3. The van der Waals surface area contributed by atoms with Gasteiger partial charge in [-0.15, -0.1) is 0 Å². The molecule has 29 heavy (non-hydrogen) atoms. The molecule has 0 bridgehead atoms. The van der Waals surface area contributed by atoms with Gasteiger partial charge in [-0.25, -0.2) is 0 Å². The molecule has 10 nitrogen and oxygen atoms in total. The van der Waals surface area contributed by atoms with Crippen molar-refractivity contribution >= 4 is 40.9 Å². The number of aliphatic carboxylic acids is 1. The summed E-state index contributed by atoms with van der Waals surface area (Å²) in [6.07, 6.45) is 1.63. The third-order valence-electron chi connectivity index (χ3n) is 4.56. The van der Waals surface area contributed by atoms with Crippen molar-refractivity contribution in [2.24, 2.45) is 5.73 Å². The van der Waals surface area contributed by atoms with Gasteiger partial charge in [0, 0.05) is 32.1 Å². The number of rotatable bonds is 9. The third-order valence-corrected chi connectivity index (χ3v) is 4.56. The first kappa shape index (κ1) is 21.9. The van der Waals surface area contributed by atoms with Crippen LogP contribution in [0.5, 0.6) is 0 Å². The van der Waals surface area contributed by atoms with Gasteiger partial charge in [0.2, 0.25) is 11.8 Å². The number of hydrogen-bond donors (Lipinski definition) is 4. The van der Waals surface area contributed by atoms with Crippen LogP contribution < -0.4 is 16.0 Å². The minimum absolute atomic E-state index is 0.0834. The second kappa shape index (κ2) is 9.67. The SMILES string of the molecule is CN1C(=O)CN(CCC(=O)O)C(=O)c2cc(NC(=O)CCCCC(=N)N)ccc21. The predicted molar refractivity (Wildman–Crippen MR) is 107 cm³/mol. The summed E-state index contributed by atoms with van der Waals surface area (Å²) in [5.41, 5.74) is 6.31. The average Bonchev–Trinajstić information content (AvgIpc) is 2.74. The lowest BCUT2D eigenvalue weighted by molar-refractivity contribution is -0.137. The van der Waals surface area contributed by atoms with Crippen molar-refractivity contribution in [1.29, 1.82) is 5.41 Å². The molecule has 0 unspecified atom stereocenters. The van der Waals surface area contributed by atoms with Gasteiger partial charge in [-0.3, -0.25) is 24.6 Å². The molecular formula is C19H25N5O5. The number of benzene rings is 1. The molecule has 1 aliphatic heterocycles. The van der Waals surface area contributed by atoms with E-state index in [0.717, 1.165) is 0 Å². The van der Waals surface area contributed by atoms with Gasteiger partial charge in [-0.1, -0.05) is 0 Å². The van der Waals surface area contributed by atoms with Crippen molar-refractivity contribution in [3.63, 3.8) is 0 Å². The summed E-state index contributed by atoms with van der Waals surface area (Å²) in [6, 6.07) is 4.68. The molecule has 0 spiro atoms. The van der Waals surface area contributed by atoms with Gasteiger partial charge in [-0.2, -0.15) is 0 Å². The minimum atomic E-state index is -1.06. The molecule has 0 radical (unpaired) electrons. The Morgan fingerprint density at radius 1 is 1.21 bits per heavy atom. The van der Waals surface area contributed by atoms with Crippen LogP contribution in [0, 0.1) is 5.41 Å². The molecule has 0 fully saturated rings. The number of amidine groups is 1. The topological polar surface area (TPSA) is 157 Å². The van der Waals surface area contributed by atoms with Crippen molar-refractivity contribution in [3.05, 3.63) is 23.8 Å². The number of fused-ring (bicyclic) bond motifs is 1. The Bertz CT molecular complexity index is 838. The van der Waals surface area contributed by atoms with Gasteiger partial charge in [-0.05, 0) is 31.0 Å². The Balaban J connectivity index is 2.14. The summed E-state index contributed by atoms with van der Waals surface area (Å²) >= 11 is 0. The molecule has 1 heterocycles. The van der Waals surface area contributed by atoms with E-state index in [1.165, 1.54) is 15.9 Å². The molecule has 2 rings (SSSR count). The fraction of sp³-hybridized carbons (Fsp3) is 0.421. The lowest BCUT2D eigenvalue weighted by Gasteiger charge is -2.19. The number of anilines is 2. The minimum Gasteiger partial charge on any atom is -0.481 e. The molecule has 0 saturated heterocycles. The fourth-order valence-corrected chi connectivity index (χ4v) is 2.96. The zero-order valence-corrected chi connectivity index (χ0v) is 16.2. The molecule has 0 aliphatic carbocycles. The first-order chi connectivity index (χ1) is 13.7. The van der Waals surface area contributed by atoms with Crippen molar-refractivity contribution in [3.8, 4) is 0 Å². The highest BCUT2D eigenvalue weighted by molar-refractivity contribution is 6.10. The Hall–Kier alpha value is -3.43. The Labute approximate surface area is 168 Å². The zero-order chi connectivity index (χ0) is 21.6. The second-order valence-electron chi connectivity index (χ2n) is 6.84. The van der Waals surface area contributed by atoms with Crippen LogP contribution in [0.15, 0.2) is 18.2 Å². The maximum atomic E-state index is 12.9. The Morgan fingerprint density at radius 2 is 1.90 bits per heavy atom. The van der Waals surface area contributed by atoms with Crippen LogP contribution in [0.1, 0.15) is 42.5 Å². The summed E-state index contributed by atoms with van der Waals surface area (Å²) in [5, 5.41) is 18.8. The highest BCUT2D eigenvalue weighted by atomic mass is 16.4. The number of hydrogen-bond acceptors (Lipinski definition) is 5. The van der Waals surface area contributed by atoms with Gasteiger partial charge < -0.3 is 26.0 Å². The van der Waals surface area contributed by atoms with E-state index in [1.54, 1.807) is 19.2 Å². The second-order valence-corrected chi connectivity index (χ2v) is 6.84. The van der Waals surface area contributed by atoms with Crippen molar-refractivity contribution < 1.29 is 24.3 Å². The van der Waals surface area contributed by atoms with Crippen molar-refractivity contribution in [2.75, 3.05) is 30.4 Å². The monoisotopic (exact) mass is 403 g/mol. The summed E-state index contributed by atoms with van der Waals surface area (Å²) < 4.78 is 0.